The molecule has 8 nitrogen and oxygen atoms in total. The first-order valence-corrected chi connectivity index (χ1v) is 8.27. The van der Waals surface area contributed by atoms with Crippen LogP contribution in [-0.2, 0) is 4.79 Å². The Hall–Kier alpha value is -3.03. The van der Waals surface area contributed by atoms with Crippen molar-refractivity contribution in [3.8, 4) is 5.75 Å². The van der Waals surface area contributed by atoms with Crippen LogP contribution in [0.15, 0.2) is 34.9 Å². The molecule has 8 heteroatoms. The number of nitrogens with one attached hydrogen (secondary N) is 1. The standard InChI is InChI=1S/C18H23N3O5/c1-5-10-21(17(24)19-15-11-12(2)26-20-15)13-6-8-14(9-7-13)25-18(3,4)16(22)23/h6-9,11H,5,10H2,1-4H3,(H,22,23)(H,19,20,24). The molecule has 0 saturated carbocycles. The Morgan fingerprint density at radius 3 is 2.46 bits per heavy atom. The van der Waals surface area contributed by atoms with Crippen molar-refractivity contribution in [2.45, 2.75) is 39.7 Å². The number of hydrogen-bond donors (Lipinski definition) is 2. The largest absolute Gasteiger partial charge is 0.478 e. The SMILES string of the molecule is CCCN(C(=O)Nc1cc(C)on1)c1ccc(OC(C)(C)C(=O)O)cc1. The molecule has 2 aromatic rings. The maximum atomic E-state index is 12.5. The Balaban J connectivity index is 2.14. The summed E-state index contributed by atoms with van der Waals surface area (Å²) in [6.45, 7) is 7.15. The summed E-state index contributed by atoms with van der Waals surface area (Å²) in [6, 6.07) is 7.98. The lowest BCUT2D eigenvalue weighted by Gasteiger charge is -2.24. The van der Waals surface area contributed by atoms with Crippen LogP contribution in [0.2, 0.25) is 0 Å². The van der Waals surface area contributed by atoms with Crippen molar-refractivity contribution in [2.75, 3.05) is 16.8 Å². The van der Waals surface area contributed by atoms with Gasteiger partial charge in [0, 0.05) is 18.3 Å². The fourth-order valence-electron chi connectivity index (χ4n) is 2.21. The van der Waals surface area contributed by atoms with Crippen molar-refractivity contribution in [2.24, 2.45) is 0 Å². The molecule has 2 rings (SSSR count). The lowest BCUT2D eigenvalue weighted by atomic mass is 10.1. The number of nitrogens with zero attached hydrogens (tertiary/aromatic N) is 2. The predicted molar refractivity (Wildman–Crippen MR) is 96.7 cm³/mol. The van der Waals surface area contributed by atoms with E-state index in [9.17, 15) is 9.59 Å². The van der Waals surface area contributed by atoms with E-state index >= 15 is 0 Å². The first-order valence-electron chi connectivity index (χ1n) is 8.27. The van der Waals surface area contributed by atoms with Gasteiger partial charge in [0.2, 0.25) is 0 Å². The molecule has 26 heavy (non-hydrogen) atoms. The van der Waals surface area contributed by atoms with Gasteiger partial charge in [-0.2, -0.15) is 0 Å². The number of anilines is 2. The smallest absolute Gasteiger partial charge is 0.347 e. The lowest BCUT2D eigenvalue weighted by molar-refractivity contribution is -0.152. The summed E-state index contributed by atoms with van der Waals surface area (Å²) in [4.78, 5) is 25.3. The number of urea groups is 1. The van der Waals surface area contributed by atoms with Crippen LogP contribution in [-0.4, -0.2) is 34.4 Å². The van der Waals surface area contributed by atoms with Crippen LogP contribution in [0, 0.1) is 6.92 Å². The van der Waals surface area contributed by atoms with Gasteiger partial charge in [-0.1, -0.05) is 12.1 Å². The zero-order valence-electron chi connectivity index (χ0n) is 15.3. The number of carboxylic acids is 1. The maximum absolute atomic E-state index is 12.5. The minimum atomic E-state index is -1.34. The fraction of sp³-hybridized carbons (Fsp3) is 0.389. The molecule has 0 radical (unpaired) electrons. The highest BCUT2D eigenvalue weighted by Gasteiger charge is 2.29. The average Bonchev–Trinajstić information content (AvgIpc) is 2.98. The van der Waals surface area contributed by atoms with E-state index < -0.39 is 11.6 Å². The first-order chi connectivity index (χ1) is 12.2. The molecule has 0 fully saturated rings. The second-order valence-corrected chi connectivity index (χ2v) is 6.32. The monoisotopic (exact) mass is 361 g/mol. The average molecular weight is 361 g/mol. The number of ether oxygens (including phenoxy) is 1. The van der Waals surface area contributed by atoms with Gasteiger partial charge in [-0.25, -0.2) is 9.59 Å². The summed E-state index contributed by atoms with van der Waals surface area (Å²) in [5.41, 5.74) is -0.683. The van der Waals surface area contributed by atoms with Gasteiger partial charge in [0.05, 0.1) is 0 Å². The van der Waals surface area contributed by atoms with E-state index in [1.165, 1.54) is 13.8 Å². The zero-order chi connectivity index (χ0) is 19.3. The highest BCUT2D eigenvalue weighted by Crippen LogP contribution is 2.24. The third kappa shape index (κ3) is 4.75. The van der Waals surface area contributed by atoms with Gasteiger partial charge in [-0.15, -0.1) is 0 Å². The number of benzene rings is 1. The number of aromatic nitrogens is 1. The zero-order valence-corrected chi connectivity index (χ0v) is 15.3. The molecule has 1 heterocycles. The molecule has 0 unspecified atom stereocenters. The molecular formula is C18H23N3O5. The van der Waals surface area contributed by atoms with Crippen molar-refractivity contribution < 1.29 is 24.0 Å². The molecule has 0 aliphatic carbocycles. The van der Waals surface area contributed by atoms with E-state index in [0.717, 1.165) is 6.42 Å². The number of aliphatic carboxylic acids is 1. The van der Waals surface area contributed by atoms with Crippen molar-refractivity contribution in [1.29, 1.82) is 0 Å². The van der Waals surface area contributed by atoms with Crippen LogP contribution in [0.4, 0.5) is 16.3 Å². The first kappa shape index (κ1) is 19.3. The summed E-state index contributed by atoms with van der Waals surface area (Å²) < 4.78 is 10.4. The summed E-state index contributed by atoms with van der Waals surface area (Å²) in [5, 5.41) is 15.6. The van der Waals surface area contributed by atoms with E-state index in [-0.39, 0.29) is 6.03 Å². The highest BCUT2D eigenvalue weighted by atomic mass is 16.5. The van der Waals surface area contributed by atoms with Crippen LogP contribution in [0.5, 0.6) is 5.75 Å². The van der Waals surface area contributed by atoms with E-state index in [4.69, 9.17) is 14.4 Å². The van der Waals surface area contributed by atoms with Gasteiger partial charge in [-0.05, 0) is 51.5 Å². The van der Waals surface area contributed by atoms with Gasteiger partial charge in [0.1, 0.15) is 11.5 Å². The number of aryl methyl sites for hydroxylation is 1. The molecule has 0 bridgehead atoms. The second kappa shape index (κ2) is 7.90. The van der Waals surface area contributed by atoms with Gasteiger partial charge < -0.3 is 14.4 Å². The normalized spacial score (nSPS) is 11.1. The number of carbonyl (C=O) groups is 2. The van der Waals surface area contributed by atoms with E-state index in [1.54, 1.807) is 42.2 Å². The predicted octanol–water partition coefficient (Wildman–Crippen LogP) is 3.67. The molecule has 2 amide bonds. The summed E-state index contributed by atoms with van der Waals surface area (Å²) in [6.07, 6.45) is 0.759. The van der Waals surface area contributed by atoms with Gasteiger partial charge in [0.15, 0.2) is 11.4 Å². The Morgan fingerprint density at radius 1 is 1.31 bits per heavy atom. The second-order valence-electron chi connectivity index (χ2n) is 6.32. The van der Waals surface area contributed by atoms with Crippen LogP contribution in [0.3, 0.4) is 0 Å². The van der Waals surface area contributed by atoms with E-state index in [0.29, 0.717) is 29.6 Å². The number of carboxylic acid groups (broad SMARTS) is 1. The van der Waals surface area contributed by atoms with Gasteiger partial charge in [0.25, 0.3) is 0 Å². The van der Waals surface area contributed by atoms with Crippen molar-refractivity contribution in [3.05, 3.63) is 36.1 Å². The van der Waals surface area contributed by atoms with E-state index in [2.05, 4.69) is 10.5 Å². The van der Waals surface area contributed by atoms with Crippen LogP contribution in [0.1, 0.15) is 33.0 Å². The van der Waals surface area contributed by atoms with Crippen molar-refractivity contribution >= 4 is 23.5 Å². The fourth-order valence-corrected chi connectivity index (χ4v) is 2.21. The Morgan fingerprint density at radius 2 is 1.96 bits per heavy atom. The summed E-state index contributed by atoms with van der Waals surface area (Å²) >= 11 is 0. The Kier molecular flexibility index (Phi) is 5.86. The van der Waals surface area contributed by atoms with Crippen LogP contribution < -0.4 is 15.0 Å². The van der Waals surface area contributed by atoms with Crippen LogP contribution >= 0.6 is 0 Å². The molecule has 0 aliphatic rings. The summed E-state index contributed by atoms with van der Waals surface area (Å²) in [5.74, 6) is 0.295. The van der Waals surface area contributed by atoms with Crippen molar-refractivity contribution in [3.63, 3.8) is 0 Å². The number of amides is 2. The molecular weight excluding hydrogens is 338 g/mol. The number of carbonyl (C=O) groups excluding carboxylic acids is 1. The number of rotatable bonds is 7. The lowest BCUT2D eigenvalue weighted by Crippen LogP contribution is -2.38. The highest BCUT2D eigenvalue weighted by molar-refractivity contribution is 6.01. The minimum absolute atomic E-state index is 0.334. The number of hydrogen-bond acceptors (Lipinski definition) is 5. The third-order valence-electron chi connectivity index (χ3n) is 3.59. The third-order valence-corrected chi connectivity index (χ3v) is 3.59. The topological polar surface area (TPSA) is 105 Å². The van der Waals surface area contributed by atoms with Gasteiger partial charge >= 0.3 is 12.0 Å². The summed E-state index contributed by atoms with van der Waals surface area (Å²) in [7, 11) is 0. The molecule has 0 atom stereocenters. The van der Waals surface area contributed by atoms with Crippen molar-refractivity contribution in [1.82, 2.24) is 5.16 Å². The molecule has 0 spiro atoms. The van der Waals surface area contributed by atoms with Crippen LogP contribution in [0.25, 0.3) is 0 Å². The molecule has 1 aromatic heterocycles. The van der Waals surface area contributed by atoms with E-state index in [1.807, 2.05) is 6.92 Å². The van der Waals surface area contributed by atoms with Gasteiger partial charge in [-0.3, -0.25) is 10.2 Å². The molecule has 0 saturated heterocycles. The quantitative estimate of drug-likeness (QED) is 0.779. The molecule has 2 N–H and O–H groups in total. The Bertz CT molecular complexity index is 767. The maximum Gasteiger partial charge on any atom is 0.347 e. The molecule has 1 aromatic carbocycles. The molecule has 140 valence electrons. The minimum Gasteiger partial charge on any atom is -0.478 e. The molecule has 0 aliphatic heterocycles. The Labute approximate surface area is 151 Å².